The number of aromatic nitrogens is 2. The number of nitrogens with one attached hydrogen (secondary N) is 1. The van der Waals surface area contributed by atoms with Crippen LogP contribution in [0.3, 0.4) is 0 Å². The summed E-state index contributed by atoms with van der Waals surface area (Å²) in [5, 5.41) is 7.40. The lowest BCUT2D eigenvalue weighted by molar-refractivity contribution is 0.0938. The van der Waals surface area contributed by atoms with Gasteiger partial charge in [-0.15, -0.1) is 0 Å². The first-order valence-corrected chi connectivity index (χ1v) is 8.72. The molecular weight excluding hydrogens is 318 g/mol. The summed E-state index contributed by atoms with van der Waals surface area (Å²) in [5.74, 6) is 1.86. The number of rotatable bonds is 6. The largest absolute Gasteiger partial charge is 0.497 e. The zero-order valence-corrected chi connectivity index (χ0v) is 15.0. The first-order chi connectivity index (χ1) is 12.1. The maximum atomic E-state index is 12.4. The lowest BCUT2D eigenvalue weighted by Gasteiger charge is -2.25. The van der Waals surface area contributed by atoms with Crippen LogP contribution in [-0.4, -0.2) is 35.9 Å². The third-order valence-electron chi connectivity index (χ3n) is 4.45. The average molecular weight is 343 g/mol. The molecule has 1 N–H and O–H groups in total. The topological polar surface area (TPSA) is 65.4 Å². The molecule has 0 radical (unpaired) electrons. The molecule has 2 heterocycles. The predicted octanol–water partition coefficient (Wildman–Crippen LogP) is 2.59. The third-order valence-corrected chi connectivity index (χ3v) is 4.45. The van der Waals surface area contributed by atoms with Crippen molar-refractivity contribution < 1.29 is 14.3 Å². The molecular formula is C19H25N3O3. The van der Waals surface area contributed by atoms with Gasteiger partial charge < -0.3 is 14.8 Å². The van der Waals surface area contributed by atoms with Crippen molar-refractivity contribution in [2.75, 3.05) is 20.3 Å². The van der Waals surface area contributed by atoms with Crippen LogP contribution in [-0.2, 0) is 13.0 Å². The SMILES string of the molecule is CCCn1cc(C(=O)NCC2COc3cc(OC)ccc3C2)c(C)n1. The Balaban J connectivity index is 1.58. The molecule has 1 aliphatic heterocycles. The van der Waals surface area contributed by atoms with Crippen LogP contribution in [0.2, 0.25) is 0 Å². The highest BCUT2D eigenvalue weighted by atomic mass is 16.5. The van der Waals surface area contributed by atoms with Crippen LogP contribution < -0.4 is 14.8 Å². The molecule has 0 spiro atoms. The van der Waals surface area contributed by atoms with Crippen LogP contribution in [0, 0.1) is 12.8 Å². The maximum absolute atomic E-state index is 12.4. The third kappa shape index (κ3) is 3.95. The molecule has 134 valence electrons. The number of aryl methyl sites for hydroxylation is 2. The van der Waals surface area contributed by atoms with E-state index in [-0.39, 0.29) is 11.8 Å². The summed E-state index contributed by atoms with van der Waals surface area (Å²) >= 11 is 0. The summed E-state index contributed by atoms with van der Waals surface area (Å²) in [5.41, 5.74) is 2.57. The highest BCUT2D eigenvalue weighted by Gasteiger charge is 2.22. The molecule has 3 rings (SSSR count). The van der Waals surface area contributed by atoms with Crippen molar-refractivity contribution in [1.82, 2.24) is 15.1 Å². The highest BCUT2D eigenvalue weighted by Crippen LogP contribution is 2.30. The summed E-state index contributed by atoms with van der Waals surface area (Å²) in [6, 6.07) is 5.88. The first-order valence-electron chi connectivity index (χ1n) is 8.72. The Labute approximate surface area is 148 Å². The Morgan fingerprint density at radius 3 is 3.08 bits per heavy atom. The quantitative estimate of drug-likeness (QED) is 0.875. The van der Waals surface area contributed by atoms with Crippen molar-refractivity contribution in [2.24, 2.45) is 5.92 Å². The average Bonchev–Trinajstić information content (AvgIpc) is 2.99. The highest BCUT2D eigenvalue weighted by molar-refractivity contribution is 5.95. The van der Waals surface area contributed by atoms with Gasteiger partial charge in [0.25, 0.3) is 5.91 Å². The number of benzene rings is 1. The Morgan fingerprint density at radius 2 is 2.32 bits per heavy atom. The van der Waals surface area contributed by atoms with Crippen molar-refractivity contribution in [3.63, 3.8) is 0 Å². The van der Waals surface area contributed by atoms with E-state index >= 15 is 0 Å². The van der Waals surface area contributed by atoms with Crippen LogP contribution in [0.5, 0.6) is 11.5 Å². The van der Waals surface area contributed by atoms with E-state index in [2.05, 4.69) is 17.3 Å². The van der Waals surface area contributed by atoms with Crippen LogP contribution >= 0.6 is 0 Å². The number of carbonyl (C=O) groups is 1. The van der Waals surface area contributed by atoms with Gasteiger partial charge in [-0.1, -0.05) is 13.0 Å². The second kappa shape index (κ2) is 7.59. The fraction of sp³-hybridized carbons (Fsp3) is 0.474. The van der Waals surface area contributed by atoms with Gasteiger partial charge in [-0.05, 0) is 31.4 Å². The van der Waals surface area contributed by atoms with E-state index < -0.39 is 0 Å². The van der Waals surface area contributed by atoms with E-state index in [4.69, 9.17) is 9.47 Å². The summed E-state index contributed by atoms with van der Waals surface area (Å²) in [6.45, 7) is 5.96. The van der Waals surface area contributed by atoms with Gasteiger partial charge in [-0.3, -0.25) is 9.48 Å². The molecule has 6 nitrogen and oxygen atoms in total. The molecule has 25 heavy (non-hydrogen) atoms. The molecule has 1 atom stereocenters. The molecule has 1 unspecified atom stereocenters. The second-order valence-electron chi connectivity index (χ2n) is 6.46. The number of hydrogen-bond acceptors (Lipinski definition) is 4. The molecule has 1 aliphatic rings. The van der Waals surface area contributed by atoms with Crippen LogP contribution in [0.4, 0.5) is 0 Å². The van der Waals surface area contributed by atoms with Crippen molar-refractivity contribution in [1.29, 1.82) is 0 Å². The predicted molar refractivity (Wildman–Crippen MR) is 95.3 cm³/mol. The van der Waals surface area contributed by atoms with Gasteiger partial charge in [-0.2, -0.15) is 5.10 Å². The Bertz CT molecular complexity index is 754. The fourth-order valence-electron chi connectivity index (χ4n) is 3.09. The van der Waals surface area contributed by atoms with Gasteiger partial charge in [0.05, 0.1) is 25.0 Å². The number of hydrogen-bond donors (Lipinski definition) is 1. The summed E-state index contributed by atoms with van der Waals surface area (Å²) in [6.07, 6.45) is 3.70. The van der Waals surface area contributed by atoms with E-state index in [1.807, 2.05) is 36.0 Å². The van der Waals surface area contributed by atoms with Crippen molar-refractivity contribution in [2.45, 2.75) is 33.2 Å². The number of methoxy groups -OCH3 is 1. The Morgan fingerprint density at radius 1 is 1.48 bits per heavy atom. The van der Waals surface area contributed by atoms with Crippen molar-refractivity contribution in [3.8, 4) is 11.5 Å². The normalized spacial score (nSPS) is 16.0. The number of ether oxygens (including phenoxy) is 2. The van der Waals surface area contributed by atoms with Gasteiger partial charge in [0, 0.05) is 31.3 Å². The lowest BCUT2D eigenvalue weighted by atomic mass is 9.96. The van der Waals surface area contributed by atoms with E-state index in [0.29, 0.717) is 18.7 Å². The van der Waals surface area contributed by atoms with Crippen LogP contribution in [0.25, 0.3) is 0 Å². The van der Waals surface area contributed by atoms with Gasteiger partial charge >= 0.3 is 0 Å². The van der Waals surface area contributed by atoms with E-state index in [1.165, 1.54) is 0 Å². The first kappa shape index (κ1) is 17.3. The Kier molecular flexibility index (Phi) is 5.26. The molecule has 2 aromatic rings. The van der Waals surface area contributed by atoms with E-state index in [1.54, 1.807) is 7.11 Å². The Hall–Kier alpha value is -2.50. The van der Waals surface area contributed by atoms with Gasteiger partial charge in [-0.25, -0.2) is 0 Å². The van der Waals surface area contributed by atoms with E-state index in [9.17, 15) is 4.79 Å². The minimum atomic E-state index is -0.0691. The summed E-state index contributed by atoms with van der Waals surface area (Å²) in [4.78, 5) is 12.4. The molecule has 0 saturated carbocycles. The van der Waals surface area contributed by atoms with Gasteiger partial charge in [0.15, 0.2) is 0 Å². The maximum Gasteiger partial charge on any atom is 0.254 e. The van der Waals surface area contributed by atoms with Gasteiger partial charge in [0.1, 0.15) is 11.5 Å². The number of amides is 1. The molecule has 1 aromatic heterocycles. The number of fused-ring (bicyclic) bond motifs is 1. The van der Waals surface area contributed by atoms with Gasteiger partial charge in [0.2, 0.25) is 0 Å². The molecule has 0 bridgehead atoms. The molecule has 6 heteroatoms. The number of carbonyl (C=O) groups excluding carboxylic acids is 1. The molecule has 0 saturated heterocycles. The summed E-state index contributed by atoms with van der Waals surface area (Å²) < 4.78 is 12.9. The zero-order valence-electron chi connectivity index (χ0n) is 15.0. The zero-order chi connectivity index (χ0) is 17.8. The molecule has 0 fully saturated rings. The minimum Gasteiger partial charge on any atom is -0.497 e. The van der Waals surface area contributed by atoms with Crippen LogP contribution in [0.15, 0.2) is 24.4 Å². The molecule has 1 amide bonds. The smallest absolute Gasteiger partial charge is 0.254 e. The number of nitrogens with zero attached hydrogens (tertiary/aromatic N) is 2. The van der Waals surface area contributed by atoms with Crippen molar-refractivity contribution >= 4 is 5.91 Å². The minimum absolute atomic E-state index is 0.0691. The summed E-state index contributed by atoms with van der Waals surface area (Å²) in [7, 11) is 1.65. The fourth-order valence-corrected chi connectivity index (χ4v) is 3.09. The standard InChI is InChI=1S/C19H25N3O3/c1-4-7-22-11-17(13(2)21-22)19(23)20-10-14-8-15-5-6-16(24-3)9-18(15)25-12-14/h5-6,9,11,14H,4,7-8,10,12H2,1-3H3,(H,20,23). The monoisotopic (exact) mass is 343 g/mol. The molecule has 0 aliphatic carbocycles. The lowest BCUT2D eigenvalue weighted by Crippen LogP contribution is -2.34. The van der Waals surface area contributed by atoms with Crippen LogP contribution in [0.1, 0.15) is 35.0 Å². The molecule has 1 aromatic carbocycles. The van der Waals surface area contributed by atoms with Crippen molar-refractivity contribution in [3.05, 3.63) is 41.2 Å². The second-order valence-corrected chi connectivity index (χ2v) is 6.46. The van der Waals surface area contributed by atoms with E-state index in [0.717, 1.165) is 42.1 Å².